The van der Waals surface area contributed by atoms with Gasteiger partial charge >= 0.3 is 0 Å². The zero-order chi connectivity index (χ0) is 12.4. The Hall–Kier alpha value is -2.02. The summed E-state index contributed by atoms with van der Waals surface area (Å²) in [5.74, 6) is 0.568. The highest BCUT2D eigenvalue weighted by Crippen LogP contribution is 2.41. The van der Waals surface area contributed by atoms with Gasteiger partial charge in [-0.2, -0.15) is 0 Å². The summed E-state index contributed by atoms with van der Waals surface area (Å²) in [7, 11) is 1.93. The third kappa shape index (κ3) is 1.82. The zero-order valence-electron chi connectivity index (χ0n) is 10.6. The minimum atomic E-state index is 0.568. The molecule has 0 heterocycles. The third-order valence-electron chi connectivity index (χ3n) is 3.66. The van der Waals surface area contributed by atoms with Crippen molar-refractivity contribution in [2.75, 3.05) is 7.05 Å². The van der Waals surface area contributed by atoms with Crippen LogP contribution in [0.4, 0.5) is 0 Å². The summed E-state index contributed by atoms with van der Waals surface area (Å²) in [6, 6.07) is 17.4. The van der Waals surface area contributed by atoms with E-state index in [1.54, 1.807) is 0 Å². The predicted molar refractivity (Wildman–Crippen MR) is 76.5 cm³/mol. The molecule has 1 unspecified atom stereocenters. The summed E-state index contributed by atoms with van der Waals surface area (Å²) in [6.45, 7) is 0. The molecule has 0 spiro atoms. The first-order valence-corrected chi connectivity index (χ1v) is 6.40. The standard InChI is InChI=1S/C17H17N/c1-18-11-10-13-6-2-4-8-15(13)17-12-14-7-3-5-9-16(14)17/h2-11,17-18H,12H2,1H3/b11-10+. The number of fused-ring (bicyclic) bond motifs is 1. The Morgan fingerprint density at radius 3 is 2.50 bits per heavy atom. The Morgan fingerprint density at radius 2 is 1.72 bits per heavy atom. The maximum absolute atomic E-state index is 3.06. The van der Waals surface area contributed by atoms with Crippen LogP contribution >= 0.6 is 0 Å². The molecule has 3 rings (SSSR count). The van der Waals surface area contributed by atoms with Crippen LogP contribution in [0.5, 0.6) is 0 Å². The van der Waals surface area contributed by atoms with Crippen LogP contribution in [0.3, 0.4) is 0 Å². The molecule has 0 amide bonds. The van der Waals surface area contributed by atoms with E-state index >= 15 is 0 Å². The first-order chi connectivity index (χ1) is 8.90. The highest BCUT2D eigenvalue weighted by molar-refractivity contribution is 5.59. The molecule has 0 saturated carbocycles. The monoisotopic (exact) mass is 235 g/mol. The molecule has 0 fully saturated rings. The van der Waals surface area contributed by atoms with Crippen molar-refractivity contribution in [3.8, 4) is 0 Å². The molecule has 90 valence electrons. The highest BCUT2D eigenvalue weighted by atomic mass is 14.8. The molecule has 0 saturated heterocycles. The van der Waals surface area contributed by atoms with Crippen LogP contribution in [0.25, 0.3) is 6.08 Å². The van der Waals surface area contributed by atoms with Crippen LogP contribution in [-0.4, -0.2) is 7.05 Å². The summed E-state index contributed by atoms with van der Waals surface area (Å²) in [5, 5.41) is 3.06. The Kier molecular flexibility index (Phi) is 2.89. The summed E-state index contributed by atoms with van der Waals surface area (Å²) in [6.07, 6.45) is 5.31. The molecule has 1 heteroatoms. The van der Waals surface area contributed by atoms with E-state index in [1.807, 2.05) is 13.2 Å². The molecule has 0 radical (unpaired) electrons. The van der Waals surface area contributed by atoms with Gasteiger partial charge < -0.3 is 5.32 Å². The Bertz CT molecular complexity index is 584. The molecule has 1 N–H and O–H groups in total. The van der Waals surface area contributed by atoms with Crippen LogP contribution in [0.1, 0.15) is 28.2 Å². The van der Waals surface area contributed by atoms with E-state index in [9.17, 15) is 0 Å². The van der Waals surface area contributed by atoms with E-state index in [0.29, 0.717) is 5.92 Å². The van der Waals surface area contributed by atoms with E-state index in [2.05, 4.69) is 59.9 Å². The van der Waals surface area contributed by atoms with Crippen molar-refractivity contribution >= 4 is 6.08 Å². The molecule has 18 heavy (non-hydrogen) atoms. The fourth-order valence-corrected chi connectivity index (χ4v) is 2.69. The van der Waals surface area contributed by atoms with Gasteiger partial charge in [-0.3, -0.25) is 0 Å². The molecule has 2 aromatic rings. The number of benzene rings is 2. The van der Waals surface area contributed by atoms with Crippen molar-refractivity contribution in [3.05, 3.63) is 77.0 Å². The minimum Gasteiger partial charge on any atom is -0.394 e. The lowest BCUT2D eigenvalue weighted by Crippen LogP contribution is -2.18. The Labute approximate surface area is 108 Å². The van der Waals surface area contributed by atoms with Gasteiger partial charge in [0.1, 0.15) is 0 Å². The second-order valence-corrected chi connectivity index (χ2v) is 4.71. The summed E-state index contributed by atoms with van der Waals surface area (Å²) in [5.41, 5.74) is 5.73. The van der Waals surface area contributed by atoms with Gasteiger partial charge in [0, 0.05) is 13.0 Å². The second kappa shape index (κ2) is 4.69. The summed E-state index contributed by atoms with van der Waals surface area (Å²) in [4.78, 5) is 0. The van der Waals surface area contributed by atoms with E-state index in [-0.39, 0.29) is 0 Å². The third-order valence-corrected chi connectivity index (χ3v) is 3.66. The Balaban J connectivity index is 1.97. The van der Waals surface area contributed by atoms with Gasteiger partial charge in [-0.1, -0.05) is 48.5 Å². The van der Waals surface area contributed by atoms with E-state index in [1.165, 1.54) is 28.7 Å². The first kappa shape index (κ1) is 11.1. The van der Waals surface area contributed by atoms with Gasteiger partial charge in [0.05, 0.1) is 0 Å². The quantitative estimate of drug-likeness (QED) is 0.857. The van der Waals surface area contributed by atoms with Gasteiger partial charge in [-0.25, -0.2) is 0 Å². The van der Waals surface area contributed by atoms with Gasteiger partial charge in [0.25, 0.3) is 0 Å². The summed E-state index contributed by atoms with van der Waals surface area (Å²) < 4.78 is 0. The van der Waals surface area contributed by atoms with Crippen molar-refractivity contribution < 1.29 is 0 Å². The van der Waals surface area contributed by atoms with Crippen LogP contribution in [0.2, 0.25) is 0 Å². The zero-order valence-corrected chi connectivity index (χ0v) is 10.6. The van der Waals surface area contributed by atoms with Crippen LogP contribution < -0.4 is 5.32 Å². The van der Waals surface area contributed by atoms with Crippen LogP contribution in [0.15, 0.2) is 54.7 Å². The lowest BCUT2D eigenvalue weighted by Gasteiger charge is -2.31. The fraction of sp³-hybridized carbons (Fsp3) is 0.176. The molecule has 1 aliphatic rings. The molecule has 0 aliphatic heterocycles. The molecule has 1 nitrogen and oxygen atoms in total. The normalized spacial score (nSPS) is 17.3. The molecule has 0 aromatic heterocycles. The van der Waals surface area contributed by atoms with Gasteiger partial charge in [0.15, 0.2) is 0 Å². The van der Waals surface area contributed by atoms with Crippen molar-refractivity contribution in [1.29, 1.82) is 0 Å². The van der Waals surface area contributed by atoms with Crippen LogP contribution in [0, 0.1) is 0 Å². The van der Waals surface area contributed by atoms with Gasteiger partial charge in [0.2, 0.25) is 0 Å². The van der Waals surface area contributed by atoms with Crippen molar-refractivity contribution in [3.63, 3.8) is 0 Å². The topological polar surface area (TPSA) is 12.0 Å². The van der Waals surface area contributed by atoms with E-state index in [4.69, 9.17) is 0 Å². The maximum Gasteiger partial charge on any atom is 0.0138 e. The van der Waals surface area contributed by atoms with E-state index in [0.717, 1.165) is 0 Å². The lowest BCUT2D eigenvalue weighted by molar-refractivity contribution is 0.707. The maximum atomic E-state index is 3.06. The lowest BCUT2D eigenvalue weighted by atomic mass is 9.72. The van der Waals surface area contributed by atoms with Crippen molar-refractivity contribution in [1.82, 2.24) is 5.32 Å². The molecule has 1 atom stereocenters. The molecule has 1 aliphatic carbocycles. The van der Waals surface area contributed by atoms with Crippen LogP contribution in [-0.2, 0) is 6.42 Å². The number of rotatable bonds is 3. The molecular weight excluding hydrogens is 218 g/mol. The Morgan fingerprint density at radius 1 is 1.00 bits per heavy atom. The average molecular weight is 235 g/mol. The summed E-state index contributed by atoms with van der Waals surface area (Å²) >= 11 is 0. The average Bonchev–Trinajstić information content (AvgIpc) is 2.39. The number of hydrogen-bond donors (Lipinski definition) is 1. The molecule has 0 bridgehead atoms. The second-order valence-electron chi connectivity index (χ2n) is 4.71. The predicted octanol–water partition coefficient (Wildman–Crippen LogP) is 3.56. The smallest absolute Gasteiger partial charge is 0.0138 e. The number of nitrogens with one attached hydrogen (secondary N) is 1. The largest absolute Gasteiger partial charge is 0.394 e. The SMILES string of the molecule is CN/C=C/c1ccccc1C1Cc2ccccc21. The number of hydrogen-bond acceptors (Lipinski definition) is 1. The minimum absolute atomic E-state index is 0.568. The van der Waals surface area contributed by atoms with Gasteiger partial charge in [-0.05, 0) is 41.0 Å². The first-order valence-electron chi connectivity index (χ1n) is 6.40. The molecular formula is C17H17N. The van der Waals surface area contributed by atoms with Crippen molar-refractivity contribution in [2.45, 2.75) is 12.3 Å². The molecule has 2 aromatic carbocycles. The van der Waals surface area contributed by atoms with Gasteiger partial charge in [-0.15, -0.1) is 0 Å². The van der Waals surface area contributed by atoms with E-state index < -0.39 is 0 Å². The van der Waals surface area contributed by atoms with Crippen molar-refractivity contribution in [2.24, 2.45) is 0 Å². The highest BCUT2D eigenvalue weighted by Gasteiger charge is 2.27. The fourth-order valence-electron chi connectivity index (χ4n) is 2.69.